The number of amides is 2. The van der Waals surface area contributed by atoms with Crippen LogP contribution in [0, 0.1) is 0 Å². The lowest BCUT2D eigenvalue weighted by molar-refractivity contribution is -0.149. The summed E-state index contributed by atoms with van der Waals surface area (Å²) in [6, 6.07) is 6.43. The molecule has 1 atom stereocenters. The van der Waals surface area contributed by atoms with Crippen LogP contribution in [0.1, 0.15) is 12.8 Å². The lowest BCUT2D eigenvalue weighted by Crippen LogP contribution is -2.36. The lowest BCUT2D eigenvalue weighted by atomic mass is 10.2. The largest absolute Gasteiger partial charge is 0.454 e. The maximum absolute atomic E-state index is 11.6. The number of halogens is 1. The second-order valence-corrected chi connectivity index (χ2v) is 5.24. The van der Waals surface area contributed by atoms with Crippen molar-refractivity contribution in [2.45, 2.75) is 18.9 Å². The molecule has 1 aliphatic rings. The first-order chi connectivity index (χ1) is 9.54. The van der Waals surface area contributed by atoms with Gasteiger partial charge in [0, 0.05) is 16.6 Å². The summed E-state index contributed by atoms with van der Waals surface area (Å²) in [6.07, 6.45) is 0.717. The van der Waals surface area contributed by atoms with Crippen molar-refractivity contribution in [2.24, 2.45) is 0 Å². The molecule has 6 nitrogen and oxygen atoms in total. The molecule has 1 aromatic rings. The molecule has 0 unspecified atom stereocenters. The summed E-state index contributed by atoms with van der Waals surface area (Å²) < 4.78 is 5.70. The number of esters is 1. The average Bonchev–Trinajstić information content (AvgIpc) is 2.83. The van der Waals surface area contributed by atoms with E-state index in [9.17, 15) is 14.4 Å². The number of ether oxygens (including phenoxy) is 1. The van der Waals surface area contributed by atoms with E-state index in [2.05, 4.69) is 26.6 Å². The highest BCUT2D eigenvalue weighted by Crippen LogP contribution is 2.15. The minimum atomic E-state index is -0.638. The summed E-state index contributed by atoms with van der Waals surface area (Å²) in [5, 5.41) is 5.09. The monoisotopic (exact) mass is 340 g/mol. The van der Waals surface area contributed by atoms with E-state index in [1.165, 1.54) is 0 Å². The van der Waals surface area contributed by atoms with Gasteiger partial charge < -0.3 is 15.4 Å². The minimum absolute atomic E-state index is 0.175. The van der Waals surface area contributed by atoms with Gasteiger partial charge in [-0.05, 0) is 24.6 Å². The first-order valence-corrected chi connectivity index (χ1v) is 6.85. The average molecular weight is 341 g/mol. The van der Waals surface area contributed by atoms with Gasteiger partial charge in [-0.25, -0.2) is 4.79 Å². The van der Waals surface area contributed by atoms with Crippen LogP contribution in [-0.4, -0.2) is 30.4 Å². The highest BCUT2D eigenvalue weighted by atomic mass is 79.9. The summed E-state index contributed by atoms with van der Waals surface area (Å²) in [4.78, 5) is 34.2. The fourth-order valence-corrected chi connectivity index (χ4v) is 2.19. The van der Waals surface area contributed by atoms with Crippen molar-refractivity contribution in [1.29, 1.82) is 0 Å². The number of nitrogens with one attached hydrogen (secondary N) is 2. The third-order valence-electron chi connectivity index (χ3n) is 2.73. The first-order valence-electron chi connectivity index (χ1n) is 6.06. The molecule has 0 bridgehead atoms. The third kappa shape index (κ3) is 4.06. The molecule has 1 saturated heterocycles. The zero-order valence-corrected chi connectivity index (χ0v) is 12.1. The van der Waals surface area contributed by atoms with E-state index >= 15 is 0 Å². The van der Waals surface area contributed by atoms with Gasteiger partial charge >= 0.3 is 5.97 Å². The predicted octanol–water partition coefficient (Wildman–Crippen LogP) is 1.21. The molecule has 1 aliphatic heterocycles. The number of anilines is 1. The van der Waals surface area contributed by atoms with Crippen molar-refractivity contribution in [3.63, 3.8) is 0 Å². The minimum Gasteiger partial charge on any atom is -0.454 e. The topological polar surface area (TPSA) is 84.5 Å². The molecule has 20 heavy (non-hydrogen) atoms. The first kappa shape index (κ1) is 14.5. The molecule has 7 heteroatoms. The van der Waals surface area contributed by atoms with E-state index < -0.39 is 17.9 Å². The van der Waals surface area contributed by atoms with Crippen molar-refractivity contribution in [1.82, 2.24) is 5.32 Å². The molecule has 2 amide bonds. The van der Waals surface area contributed by atoms with Crippen molar-refractivity contribution < 1.29 is 19.1 Å². The summed E-state index contributed by atoms with van der Waals surface area (Å²) in [5.74, 6) is -1.19. The molecule has 0 radical (unpaired) electrons. The number of carbonyl (C=O) groups excluding carboxylic acids is 3. The molecule has 106 valence electrons. The van der Waals surface area contributed by atoms with E-state index in [0.29, 0.717) is 18.5 Å². The Morgan fingerprint density at radius 3 is 2.90 bits per heavy atom. The lowest BCUT2D eigenvalue weighted by Gasteiger charge is -2.10. The fraction of sp³-hybridized carbons (Fsp3) is 0.308. The molecule has 2 rings (SSSR count). The highest BCUT2D eigenvalue weighted by molar-refractivity contribution is 9.10. The molecule has 1 fully saturated rings. The maximum Gasteiger partial charge on any atom is 0.329 e. The Labute approximate surface area is 124 Å². The van der Waals surface area contributed by atoms with Gasteiger partial charge in [0.05, 0.1) is 0 Å². The maximum atomic E-state index is 11.6. The molecule has 0 aromatic heterocycles. The summed E-state index contributed by atoms with van der Waals surface area (Å²) >= 11 is 3.29. The van der Waals surface area contributed by atoms with Gasteiger partial charge in [-0.15, -0.1) is 0 Å². The van der Waals surface area contributed by atoms with E-state index in [1.807, 2.05) is 6.07 Å². The Bertz CT molecular complexity index is 547. The summed E-state index contributed by atoms with van der Waals surface area (Å²) in [7, 11) is 0. The standard InChI is InChI=1S/C13H13BrN2O4/c14-8-2-1-3-9(6-8)15-12(18)7-20-13(19)10-4-5-11(17)16-10/h1-3,6,10H,4-5,7H2,(H,15,18)(H,16,17)/t10-/m0/s1. The number of rotatable bonds is 4. The molecule has 1 aromatic carbocycles. The summed E-state index contributed by atoms with van der Waals surface area (Å²) in [6.45, 7) is -0.377. The number of carbonyl (C=O) groups is 3. The predicted molar refractivity (Wildman–Crippen MR) is 74.9 cm³/mol. The quantitative estimate of drug-likeness (QED) is 0.807. The van der Waals surface area contributed by atoms with Gasteiger partial charge in [-0.3, -0.25) is 9.59 Å². The van der Waals surface area contributed by atoms with Crippen LogP contribution in [0.5, 0.6) is 0 Å². The van der Waals surface area contributed by atoms with Crippen LogP contribution in [-0.2, 0) is 19.1 Å². The van der Waals surface area contributed by atoms with Crippen molar-refractivity contribution in [2.75, 3.05) is 11.9 Å². The second-order valence-electron chi connectivity index (χ2n) is 4.33. The summed E-state index contributed by atoms with van der Waals surface area (Å²) in [5.41, 5.74) is 0.606. The normalized spacial score (nSPS) is 17.4. The number of benzene rings is 1. The number of hydrogen-bond donors (Lipinski definition) is 2. The van der Waals surface area contributed by atoms with E-state index in [0.717, 1.165) is 4.47 Å². The van der Waals surface area contributed by atoms with Gasteiger partial charge in [0.25, 0.3) is 5.91 Å². The molecular formula is C13H13BrN2O4. The Kier molecular flexibility index (Phi) is 4.73. The number of hydrogen-bond acceptors (Lipinski definition) is 4. The van der Waals surface area contributed by atoms with Gasteiger partial charge in [0.15, 0.2) is 6.61 Å². The van der Waals surface area contributed by atoms with Crippen LogP contribution in [0.3, 0.4) is 0 Å². The van der Waals surface area contributed by atoms with Gasteiger partial charge in [-0.2, -0.15) is 0 Å². The molecule has 2 N–H and O–H groups in total. The Morgan fingerprint density at radius 1 is 1.45 bits per heavy atom. The second kappa shape index (κ2) is 6.51. The van der Waals surface area contributed by atoms with Crippen LogP contribution in [0.4, 0.5) is 5.69 Å². The van der Waals surface area contributed by atoms with Crippen molar-refractivity contribution >= 4 is 39.4 Å². The highest BCUT2D eigenvalue weighted by Gasteiger charge is 2.28. The molecule has 0 spiro atoms. The van der Waals surface area contributed by atoms with Crippen molar-refractivity contribution in [3.8, 4) is 0 Å². The van der Waals surface area contributed by atoms with Crippen molar-refractivity contribution in [3.05, 3.63) is 28.7 Å². The van der Waals surface area contributed by atoms with Crippen LogP contribution in [0.25, 0.3) is 0 Å². The van der Waals surface area contributed by atoms with E-state index in [4.69, 9.17) is 4.74 Å². The third-order valence-corrected chi connectivity index (χ3v) is 3.23. The molecule has 0 saturated carbocycles. The Balaban J connectivity index is 1.77. The van der Waals surface area contributed by atoms with Crippen LogP contribution < -0.4 is 10.6 Å². The van der Waals surface area contributed by atoms with E-state index in [1.54, 1.807) is 18.2 Å². The van der Waals surface area contributed by atoms with Gasteiger partial charge in [0.1, 0.15) is 6.04 Å². The SMILES string of the molecule is O=C(COC(=O)[C@@H]1CCC(=O)N1)Nc1cccc(Br)c1. The molecular weight excluding hydrogens is 328 g/mol. The van der Waals surface area contributed by atoms with Gasteiger partial charge in [0.2, 0.25) is 5.91 Å². The van der Waals surface area contributed by atoms with Crippen LogP contribution >= 0.6 is 15.9 Å². The molecule has 0 aliphatic carbocycles. The Morgan fingerprint density at radius 2 is 2.25 bits per heavy atom. The Hall–Kier alpha value is -1.89. The zero-order chi connectivity index (χ0) is 14.5. The van der Waals surface area contributed by atoms with Gasteiger partial charge in [-0.1, -0.05) is 22.0 Å². The van der Waals surface area contributed by atoms with E-state index in [-0.39, 0.29) is 12.5 Å². The molecule has 1 heterocycles. The van der Waals surface area contributed by atoms with Crippen LogP contribution in [0.2, 0.25) is 0 Å². The van der Waals surface area contributed by atoms with Crippen LogP contribution in [0.15, 0.2) is 28.7 Å². The zero-order valence-electron chi connectivity index (χ0n) is 10.5. The smallest absolute Gasteiger partial charge is 0.329 e. The fourth-order valence-electron chi connectivity index (χ4n) is 1.79.